The molecule has 19 heavy (non-hydrogen) atoms. The summed E-state index contributed by atoms with van der Waals surface area (Å²) in [4.78, 5) is 10.8. The number of anilines is 1. The van der Waals surface area contributed by atoms with E-state index in [2.05, 4.69) is 28.7 Å². The molecule has 0 spiro atoms. The van der Waals surface area contributed by atoms with Crippen LogP contribution >= 0.6 is 11.6 Å². The van der Waals surface area contributed by atoms with Crippen LogP contribution in [-0.2, 0) is 0 Å². The van der Waals surface area contributed by atoms with E-state index >= 15 is 0 Å². The number of rotatable bonds is 2. The fourth-order valence-electron chi connectivity index (χ4n) is 3.52. The molecule has 2 heterocycles. The van der Waals surface area contributed by atoms with Gasteiger partial charge in [0.15, 0.2) is 0 Å². The highest BCUT2D eigenvalue weighted by atomic mass is 35.5. The number of halogens is 1. The van der Waals surface area contributed by atoms with Gasteiger partial charge in [-0.05, 0) is 24.7 Å². The van der Waals surface area contributed by atoms with Gasteiger partial charge in [0.2, 0.25) is 0 Å². The van der Waals surface area contributed by atoms with Crippen LogP contribution in [0.25, 0.3) is 0 Å². The highest BCUT2D eigenvalue weighted by molar-refractivity contribution is 6.30. The fourth-order valence-corrected chi connectivity index (χ4v) is 3.87. The zero-order chi connectivity index (χ0) is 13.6. The minimum absolute atomic E-state index is 0.144. The lowest BCUT2D eigenvalue weighted by atomic mass is 10.00. The van der Waals surface area contributed by atoms with E-state index in [0.717, 1.165) is 37.3 Å². The highest BCUT2D eigenvalue weighted by Crippen LogP contribution is 2.41. The van der Waals surface area contributed by atoms with Crippen molar-refractivity contribution in [2.45, 2.75) is 38.7 Å². The van der Waals surface area contributed by atoms with Gasteiger partial charge in [0, 0.05) is 24.6 Å². The van der Waals surface area contributed by atoms with Gasteiger partial charge in [-0.2, -0.15) is 0 Å². The number of aliphatic hydroxyl groups excluding tert-OH is 1. The van der Waals surface area contributed by atoms with Crippen molar-refractivity contribution < 1.29 is 5.11 Å². The van der Waals surface area contributed by atoms with E-state index in [1.54, 1.807) is 0 Å². The van der Waals surface area contributed by atoms with E-state index in [1.165, 1.54) is 6.33 Å². The Morgan fingerprint density at radius 1 is 1.32 bits per heavy atom. The molecule has 104 valence electrons. The Balaban J connectivity index is 1.90. The molecule has 1 aromatic rings. The molecule has 2 fully saturated rings. The van der Waals surface area contributed by atoms with Gasteiger partial charge in [-0.1, -0.05) is 25.4 Å². The van der Waals surface area contributed by atoms with Crippen LogP contribution in [0, 0.1) is 11.8 Å². The summed E-state index contributed by atoms with van der Waals surface area (Å²) < 4.78 is 0. The molecule has 3 unspecified atom stereocenters. The first-order valence-corrected chi connectivity index (χ1v) is 7.39. The summed E-state index contributed by atoms with van der Waals surface area (Å²) in [5, 5.41) is 10.6. The summed E-state index contributed by atoms with van der Waals surface area (Å²) in [6.07, 6.45) is 3.46. The van der Waals surface area contributed by atoms with Gasteiger partial charge in [0.05, 0.1) is 6.10 Å². The average Bonchev–Trinajstić information content (AvgIpc) is 2.91. The molecule has 1 N–H and O–H groups in total. The van der Waals surface area contributed by atoms with Crippen LogP contribution in [0.3, 0.4) is 0 Å². The summed E-state index contributed by atoms with van der Waals surface area (Å²) in [6.45, 7) is 6.09. The van der Waals surface area contributed by atoms with Crippen LogP contribution in [0.1, 0.15) is 38.2 Å². The van der Waals surface area contributed by atoms with E-state index in [9.17, 15) is 5.11 Å². The third-order valence-corrected chi connectivity index (χ3v) is 4.81. The minimum Gasteiger partial charge on any atom is -0.393 e. The zero-order valence-electron chi connectivity index (χ0n) is 11.4. The van der Waals surface area contributed by atoms with Gasteiger partial charge in [0.1, 0.15) is 17.3 Å². The molecular weight excluding hydrogens is 262 g/mol. The highest BCUT2D eigenvalue weighted by Gasteiger charge is 2.42. The van der Waals surface area contributed by atoms with Gasteiger partial charge >= 0.3 is 0 Å². The Morgan fingerprint density at radius 3 is 2.79 bits per heavy atom. The number of aromatic nitrogens is 2. The van der Waals surface area contributed by atoms with Gasteiger partial charge < -0.3 is 10.0 Å². The topological polar surface area (TPSA) is 49.2 Å². The normalized spacial score (nSPS) is 30.2. The van der Waals surface area contributed by atoms with E-state index in [1.807, 2.05) is 0 Å². The van der Waals surface area contributed by atoms with Crippen molar-refractivity contribution in [1.82, 2.24) is 9.97 Å². The molecular formula is C14H20ClN3O. The molecule has 4 nitrogen and oxygen atoms in total. The fraction of sp³-hybridized carbons (Fsp3) is 0.714. The van der Waals surface area contributed by atoms with Crippen molar-refractivity contribution in [2.24, 2.45) is 11.8 Å². The second-order valence-electron chi connectivity index (χ2n) is 6.03. The summed E-state index contributed by atoms with van der Waals surface area (Å²) in [6, 6.07) is 0. The van der Waals surface area contributed by atoms with Crippen LogP contribution in [0.5, 0.6) is 0 Å². The van der Waals surface area contributed by atoms with Gasteiger partial charge in [-0.3, -0.25) is 0 Å². The number of hydrogen-bond acceptors (Lipinski definition) is 4. The summed E-state index contributed by atoms with van der Waals surface area (Å²) >= 11 is 6.22. The lowest BCUT2D eigenvalue weighted by molar-refractivity contribution is 0.133. The van der Waals surface area contributed by atoms with Crippen molar-refractivity contribution in [3.63, 3.8) is 0 Å². The van der Waals surface area contributed by atoms with Crippen LogP contribution in [0.2, 0.25) is 5.15 Å². The third kappa shape index (κ3) is 2.21. The quantitative estimate of drug-likeness (QED) is 0.846. The standard InChI is InChI=1S/C14H20ClN3O/c1-8(2)12-13(15)16-7-17-14(12)18-5-9-3-4-11(19)10(9)6-18/h7-11,19H,3-6H2,1-2H3. The SMILES string of the molecule is CC(C)c1c(Cl)ncnc1N1CC2CCC(O)C2C1. The number of aliphatic hydroxyl groups is 1. The maximum atomic E-state index is 10.0. The predicted octanol–water partition coefficient (Wildman–Crippen LogP) is 2.46. The molecule has 1 saturated heterocycles. The van der Waals surface area contributed by atoms with Gasteiger partial charge in [-0.25, -0.2) is 9.97 Å². The molecule has 1 aromatic heterocycles. The molecule has 1 aliphatic carbocycles. The van der Waals surface area contributed by atoms with Crippen LogP contribution in [0.4, 0.5) is 5.82 Å². The maximum absolute atomic E-state index is 10.0. The van der Waals surface area contributed by atoms with Crippen molar-refractivity contribution >= 4 is 17.4 Å². The third-order valence-electron chi connectivity index (χ3n) is 4.51. The minimum atomic E-state index is -0.144. The van der Waals surface area contributed by atoms with E-state index < -0.39 is 0 Å². The smallest absolute Gasteiger partial charge is 0.138 e. The molecule has 0 bridgehead atoms. The number of hydrogen-bond donors (Lipinski definition) is 1. The zero-order valence-corrected chi connectivity index (χ0v) is 12.1. The summed E-state index contributed by atoms with van der Waals surface area (Å²) in [5.74, 6) is 2.25. The van der Waals surface area contributed by atoms with Crippen molar-refractivity contribution in [1.29, 1.82) is 0 Å². The molecule has 0 amide bonds. The Hall–Kier alpha value is -0.870. The van der Waals surface area contributed by atoms with Gasteiger partial charge in [-0.15, -0.1) is 0 Å². The van der Waals surface area contributed by atoms with E-state index in [4.69, 9.17) is 11.6 Å². The number of nitrogens with zero attached hydrogens (tertiary/aromatic N) is 3. The first-order valence-electron chi connectivity index (χ1n) is 7.01. The summed E-state index contributed by atoms with van der Waals surface area (Å²) in [7, 11) is 0. The molecule has 3 atom stereocenters. The van der Waals surface area contributed by atoms with E-state index in [-0.39, 0.29) is 6.10 Å². The van der Waals surface area contributed by atoms with Gasteiger partial charge in [0.25, 0.3) is 0 Å². The Labute approximate surface area is 118 Å². The molecule has 5 heteroatoms. The second-order valence-corrected chi connectivity index (χ2v) is 6.39. The first kappa shape index (κ1) is 13.1. The Kier molecular flexibility index (Phi) is 3.39. The molecule has 1 saturated carbocycles. The second kappa shape index (κ2) is 4.91. The van der Waals surface area contributed by atoms with Crippen molar-refractivity contribution in [3.8, 4) is 0 Å². The molecule has 0 radical (unpaired) electrons. The Bertz CT molecular complexity index is 480. The summed E-state index contributed by atoms with van der Waals surface area (Å²) in [5.41, 5.74) is 1.03. The van der Waals surface area contributed by atoms with Crippen LogP contribution < -0.4 is 4.90 Å². The predicted molar refractivity (Wildman–Crippen MR) is 75.6 cm³/mol. The molecule has 0 aromatic carbocycles. The first-order chi connectivity index (χ1) is 9.08. The largest absolute Gasteiger partial charge is 0.393 e. The van der Waals surface area contributed by atoms with Crippen LogP contribution in [0.15, 0.2) is 6.33 Å². The lowest BCUT2D eigenvalue weighted by Gasteiger charge is -2.23. The molecule has 1 aliphatic heterocycles. The Morgan fingerprint density at radius 2 is 2.11 bits per heavy atom. The monoisotopic (exact) mass is 281 g/mol. The lowest BCUT2D eigenvalue weighted by Crippen LogP contribution is -2.26. The molecule has 3 rings (SSSR count). The average molecular weight is 282 g/mol. The molecule has 2 aliphatic rings. The van der Waals surface area contributed by atoms with Crippen molar-refractivity contribution in [3.05, 3.63) is 17.0 Å². The maximum Gasteiger partial charge on any atom is 0.138 e. The van der Waals surface area contributed by atoms with E-state index in [0.29, 0.717) is 22.9 Å². The van der Waals surface area contributed by atoms with Crippen molar-refractivity contribution in [2.75, 3.05) is 18.0 Å². The number of fused-ring (bicyclic) bond motifs is 1. The van der Waals surface area contributed by atoms with Crippen LogP contribution in [-0.4, -0.2) is 34.3 Å².